The molecule has 0 bridgehead atoms. The number of phenolic OH excluding ortho intramolecular Hbond substituents is 1. The van der Waals surface area contributed by atoms with Gasteiger partial charge in [0.15, 0.2) is 0 Å². The number of hydrogen-bond donors (Lipinski definition) is 2. The minimum Gasteiger partial charge on any atom is -0.508 e. The third kappa shape index (κ3) is 2.82. The molecule has 1 amide bonds. The average Bonchev–Trinajstić information content (AvgIpc) is 2.73. The normalized spacial score (nSPS) is 10.2. The Morgan fingerprint density at radius 2 is 2.12 bits per heavy atom. The number of rotatable bonds is 3. The molecule has 0 unspecified atom stereocenters. The Balaban J connectivity index is 1.98. The van der Waals surface area contributed by atoms with Gasteiger partial charge in [0, 0.05) is 10.4 Å². The summed E-state index contributed by atoms with van der Waals surface area (Å²) in [5, 5.41) is 11.9. The van der Waals surface area contributed by atoms with Crippen LogP contribution in [0.2, 0.25) is 0 Å². The zero-order valence-electron chi connectivity index (χ0n) is 9.30. The summed E-state index contributed by atoms with van der Waals surface area (Å²) in [6.45, 7) is 2.40. The highest BCUT2D eigenvalue weighted by molar-refractivity contribution is 7.09. The van der Waals surface area contributed by atoms with Crippen molar-refractivity contribution in [2.24, 2.45) is 0 Å². The number of hydrogen-bond acceptors (Lipinski definition) is 4. The zero-order valence-corrected chi connectivity index (χ0v) is 10.1. The van der Waals surface area contributed by atoms with Crippen molar-refractivity contribution < 1.29 is 9.90 Å². The van der Waals surface area contributed by atoms with Gasteiger partial charge >= 0.3 is 0 Å². The van der Waals surface area contributed by atoms with E-state index < -0.39 is 0 Å². The van der Waals surface area contributed by atoms with Crippen molar-refractivity contribution in [2.45, 2.75) is 13.5 Å². The molecule has 2 aromatic rings. The van der Waals surface area contributed by atoms with Crippen molar-refractivity contribution >= 4 is 17.2 Å². The lowest BCUT2D eigenvalue weighted by Crippen LogP contribution is -2.22. The number of carbonyl (C=O) groups is 1. The molecule has 0 saturated heterocycles. The first-order valence-electron chi connectivity index (χ1n) is 5.13. The van der Waals surface area contributed by atoms with Gasteiger partial charge in [-0.1, -0.05) is 0 Å². The van der Waals surface area contributed by atoms with Gasteiger partial charge < -0.3 is 10.4 Å². The Hall–Kier alpha value is -1.88. The number of phenols is 1. The van der Waals surface area contributed by atoms with Gasteiger partial charge in [0.05, 0.1) is 17.7 Å². The first-order chi connectivity index (χ1) is 8.16. The molecule has 4 nitrogen and oxygen atoms in total. The van der Waals surface area contributed by atoms with E-state index in [1.165, 1.54) is 23.5 Å². The van der Waals surface area contributed by atoms with Crippen LogP contribution in [0.1, 0.15) is 20.9 Å². The van der Waals surface area contributed by atoms with Crippen molar-refractivity contribution in [1.82, 2.24) is 10.3 Å². The molecule has 0 aliphatic heterocycles. The maximum absolute atomic E-state index is 11.8. The minimum atomic E-state index is -0.155. The van der Waals surface area contributed by atoms with Gasteiger partial charge in [-0.05, 0) is 31.2 Å². The number of amides is 1. The third-order valence-corrected chi connectivity index (χ3v) is 3.32. The quantitative estimate of drug-likeness (QED) is 0.874. The number of thiazole rings is 1. The Labute approximate surface area is 103 Å². The van der Waals surface area contributed by atoms with Gasteiger partial charge in [0.25, 0.3) is 5.91 Å². The number of carbonyl (C=O) groups excluding carboxylic acids is 1. The van der Waals surface area contributed by atoms with Crippen LogP contribution in [0, 0.1) is 6.92 Å². The van der Waals surface area contributed by atoms with E-state index >= 15 is 0 Å². The fourth-order valence-electron chi connectivity index (χ4n) is 1.37. The fraction of sp³-hybridized carbons (Fsp3) is 0.167. The van der Waals surface area contributed by atoms with Crippen LogP contribution in [0.3, 0.4) is 0 Å². The fourth-order valence-corrected chi connectivity index (χ4v) is 2.09. The van der Waals surface area contributed by atoms with Crippen molar-refractivity contribution in [3.63, 3.8) is 0 Å². The molecule has 88 valence electrons. The molecule has 17 heavy (non-hydrogen) atoms. The van der Waals surface area contributed by atoms with Crippen LogP contribution < -0.4 is 5.32 Å². The Kier molecular flexibility index (Phi) is 3.39. The van der Waals surface area contributed by atoms with Gasteiger partial charge in [-0.3, -0.25) is 4.79 Å². The Morgan fingerprint density at radius 1 is 1.41 bits per heavy atom. The summed E-state index contributed by atoms with van der Waals surface area (Å²) in [7, 11) is 0. The van der Waals surface area contributed by atoms with E-state index in [1.807, 2.05) is 6.92 Å². The van der Waals surface area contributed by atoms with Gasteiger partial charge in [0.1, 0.15) is 5.75 Å². The Morgan fingerprint density at radius 3 is 2.71 bits per heavy atom. The summed E-state index contributed by atoms with van der Waals surface area (Å²) < 4.78 is 0. The van der Waals surface area contributed by atoms with E-state index in [-0.39, 0.29) is 11.7 Å². The second kappa shape index (κ2) is 4.97. The highest BCUT2D eigenvalue weighted by Crippen LogP contribution is 2.12. The SMILES string of the molecule is Cc1ncsc1CNC(=O)c1ccc(O)cc1. The molecule has 1 heterocycles. The molecule has 0 fully saturated rings. The summed E-state index contributed by atoms with van der Waals surface area (Å²) in [6.07, 6.45) is 0. The minimum absolute atomic E-state index is 0.153. The average molecular weight is 248 g/mol. The van der Waals surface area contributed by atoms with E-state index in [4.69, 9.17) is 5.11 Å². The molecular formula is C12H12N2O2S. The lowest BCUT2D eigenvalue weighted by Gasteiger charge is -2.04. The first kappa shape index (κ1) is 11.6. The van der Waals surface area contributed by atoms with Crippen molar-refractivity contribution in [2.75, 3.05) is 0 Å². The third-order valence-electron chi connectivity index (χ3n) is 2.38. The van der Waals surface area contributed by atoms with Crippen LogP contribution in [-0.2, 0) is 6.54 Å². The zero-order chi connectivity index (χ0) is 12.3. The van der Waals surface area contributed by atoms with Gasteiger partial charge in [-0.15, -0.1) is 11.3 Å². The highest BCUT2D eigenvalue weighted by atomic mass is 32.1. The molecule has 2 N–H and O–H groups in total. The number of benzene rings is 1. The van der Waals surface area contributed by atoms with E-state index in [0.29, 0.717) is 12.1 Å². The molecule has 1 aromatic carbocycles. The second-order valence-electron chi connectivity index (χ2n) is 3.59. The van der Waals surface area contributed by atoms with Crippen molar-refractivity contribution in [3.8, 4) is 5.75 Å². The summed E-state index contributed by atoms with van der Waals surface area (Å²) in [5.74, 6) is -0.00217. The number of aryl methyl sites for hydroxylation is 1. The van der Waals surface area contributed by atoms with Gasteiger partial charge in [-0.2, -0.15) is 0 Å². The van der Waals surface area contributed by atoms with Crippen LogP contribution in [0.5, 0.6) is 5.75 Å². The lowest BCUT2D eigenvalue weighted by atomic mass is 10.2. The van der Waals surface area contributed by atoms with Gasteiger partial charge in [0.2, 0.25) is 0 Å². The number of aromatic nitrogens is 1. The predicted octanol–water partition coefficient (Wildman–Crippen LogP) is 2.09. The number of nitrogens with one attached hydrogen (secondary N) is 1. The van der Waals surface area contributed by atoms with Crippen LogP contribution in [0.15, 0.2) is 29.8 Å². The number of nitrogens with zero attached hydrogens (tertiary/aromatic N) is 1. The molecule has 0 saturated carbocycles. The van der Waals surface area contributed by atoms with Crippen LogP contribution in [0.4, 0.5) is 0 Å². The van der Waals surface area contributed by atoms with E-state index in [2.05, 4.69) is 10.3 Å². The van der Waals surface area contributed by atoms with Crippen molar-refractivity contribution in [1.29, 1.82) is 0 Å². The predicted molar refractivity (Wildman–Crippen MR) is 66.1 cm³/mol. The molecule has 0 spiro atoms. The summed E-state index contributed by atoms with van der Waals surface area (Å²) in [5.41, 5.74) is 3.24. The summed E-state index contributed by atoms with van der Waals surface area (Å²) >= 11 is 1.52. The van der Waals surface area contributed by atoms with Crippen LogP contribution >= 0.6 is 11.3 Å². The second-order valence-corrected chi connectivity index (χ2v) is 4.53. The van der Waals surface area contributed by atoms with E-state index in [0.717, 1.165) is 10.6 Å². The highest BCUT2D eigenvalue weighted by Gasteiger charge is 2.07. The topological polar surface area (TPSA) is 62.2 Å². The Bertz CT molecular complexity index is 520. The van der Waals surface area contributed by atoms with Gasteiger partial charge in [-0.25, -0.2) is 4.98 Å². The van der Waals surface area contributed by atoms with Crippen LogP contribution in [0.25, 0.3) is 0 Å². The smallest absolute Gasteiger partial charge is 0.251 e. The van der Waals surface area contributed by atoms with Crippen molar-refractivity contribution in [3.05, 3.63) is 45.9 Å². The maximum atomic E-state index is 11.8. The summed E-state index contributed by atoms with van der Waals surface area (Å²) in [6, 6.07) is 6.16. The largest absolute Gasteiger partial charge is 0.508 e. The molecule has 0 radical (unpaired) electrons. The monoisotopic (exact) mass is 248 g/mol. The molecular weight excluding hydrogens is 236 g/mol. The molecule has 2 rings (SSSR count). The maximum Gasteiger partial charge on any atom is 0.251 e. The standard InChI is InChI=1S/C12H12N2O2S/c1-8-11(17-7-14-8)6-13-12(16)9-2-4-10(15)5-3-9/h2-5,7,15H,6H2,1H3,(H,13,16). The molecule has 1 aromatic heterocycles. The summed E-state index contributed by atoms with van der Waals surface area (Å²) in [4.78, 5) is 16.9. The molecule has 0 aliphatic rings. The molecule has 0 atom stereocenters. The van der Waals surface area contributed by atoms with Crippen LogP contribution in [-0.4, -0.2) is 16.0 Å². The lowest BCUT2D eigenvalue weighted by molar-refractivity contribution is 0.0951. The molecule has 5 heteroatoms. The number of aromatic hydroxyl groups is 1. The first-order valence-corrected chi connectivity index (χ1v) is 6.01. The van der Waals surface area contributed by atoms with E-state index in [1.54, 1.807) is 17.6 Å². The molecule has 0 aliphatic carbocycles. The van der Waals surface area contributed by atoms with E-state index in [9.17, 15) is 4.79 Å².